The molecule has 1 atom stereocenters. The van der Waals surface area contributed by atoms with Crippen LogP contribution in [0.2, 0.25) is 5.02 Å². The maximum absolute atomic E-state index is 13.2. The number of benzene rings is 1. The number of piperidine rings is 3. The van der Waals surface area contributed by atoms with Crippen LogP contribution >= 0.6 is 11.6 Å². The van der Waals surface area contributed by atoms with Crippen LogP contribution < -0.4 is 5.32 Å². The van der Waals surface area contributed by atoms with Gasteiger partial charge in [-0.15, -0.1) is 0 Å². The molecule has 5 heterocycles. The van der Waals surface area contributed by atoms with Crippen molar-refractivity contribution in [3.05, 3.63) is 76.6 Å². The summed E-state index contributed by atoms with van der Waals surface area (Å²) in [6.07, 6.45) is 4.10. The van der Waals surface area contributed by atoms with Gasteiger partial charge in [-0.3, -0.25) is 9.59 Å². The molecule has 6 heteroatoms. The van der Waals surface area contributed by atoms with E-state index in [9.17, 15) is 9.59 Å². The molecule has 5 nitrogen and oxygen atoms in total. The summed E-state index contributed by atoms with van der Waals surface area (Å²) in [6, 6.07) is 14.4. The van der Waals surface area contributed by atoms with Crippen LogP contribution in [-0.4, -0.2) is 46.7 Å². The highest BCUT2D eigenvalue weighted by atomic mass is 35.5. The van der Waals surface area contributed by atoms with Crippen molar-refractivity contribution in [2.45, 2.75) is 18.9 Å². The average Bonchev–Trinajstić information content (AvgIpc) is 3.14. The first kappa shape index (κ1) is 18.4. The number of nitrogens with zero attached hydrogens (tertiary/aromatic N) is 2. The fourth-order valence-corrected chi connectivity index (χ4v) is 4.85. The third-order valence-corrected chi connectivity index (χ3v) is 6.45. The van der Waals surface area contributed by atoms with Gasteiger partial charge in [-0.25, -0.2) is 0 Å². The van der Waals surface area contributed by atoms with Crippen molar-refractivity contribution in [2.24, 2.45) is 5.92 Å². The Labute approximate surface area is 174 Å². The van der Waals surface area contributed by atoms with Crippen LogP contribution in [0.1, 0.15) is 39.3 Å². The van der Waals surface area contributed by atoms with E-state index in [1.165, 1.54) is 0 Å². The molecule has 29 heavy (non-hydrogen) atoms. The van der Waals surface area contributed by atoms with E-state index < -0.39 is 0 Å². The van der Waals surface area contributed by atoms with Gasteiger partial charge in [-0.2, -0.15) is 0 Å². The fourth-order valence-electron chi connectivity index (χ4n) is 4.66. The smallest absolute Gasteiger partial charge is 0.253 e. The van der Waals surface area contributed by atoms with E-state index >= 15 is 0 Å². The van der Waals surface area contributed by atoms with E-state index in [0.717, 1.165) is 38.0 Å². The molecule has 3 aliphatic rings. The highest BCUT2D eigenvalue weighted by Crippen LogP contribution is 2.28. The molecule has 2 aromatic heterocycles. The number of carbonyl (C=O) groups is 2. The number of nitrogens with one attached hydrogen (secondary N) is 1. The predicted molar refractivity (Wildman–Crippen MR) is 113 cm³/mol. The van der Waals surface area contributed by atoms with Gasteiger partial charge in [0.1, 0.15) is 0 Å². The second kappa shape index (κ2) is 7.32. The molecule has 3 saturated heterocycles. The Hall–Kier alpha value is -2.63. The molecule has 148 valence electrons. The molecule has 0 spiro atoms. The number of carbonyl (C=O) groups excluding carboxylic acids is 2. The van der Waals surface area contributed by atoms with Gasteiger partial charge >= 0.3 is 0 Å². The van der Waals surface area contributed by atoms with Gasteiger partial charge in [-0.05, 0) is 62.2 Å². The molecule has 0 radical (unpaired) electrons. The van der Waals surface area contributed by atoms with Crippen molar-refractivity contribution in [1.82, 2.24) is 14.6 Å². The minimum Gasteiger partial charge on any atom is -0.348 e. The van der Waals surface area contributed by atoms with Gasteiger partial charge in [-0.1, -0.05) is 29.8 Å². The maximum Gasteiger partial charge on any atom is 0.253 e. The normalized spacial score (nSPS) is 23.3. The lowest BCUT2D eigenvalue weighted by molar-refractivity contribution is 0.0621. The highest BCUT2D eigenvalue weighted by Gasteiger charge is 2.35. The maximum atomic E-state index is 13.2. The van der Waals surface area contributed by atoms with Crippen LogP contribution in [0, 0.1) is 5.92 Å². The zero-order valence-electron chi connectivity index (χ0n) is 16.0. The van der Waals surface area contributed by atoms with Gasteiger partial charge < -0.3 is 14.6 Å². The van der Waals surface area contributed by atoms with Gasteiger partial charge in [0.15, 0.2) is 0 Å². The van der Waals surface area contributed by atoms with Gasteiger partial charge in [0, 0.05) is 29.4 Å². The Bertz CT molecular complexity index is 1100. The predicted octanol–water partition coefficient (Wildman–Crippen LogP) is 3.65. The lowest BCUT2D eigenvalue weighted by Gasteiger charge is -2.44. The van der Waals surface area contributed by atoms with Crippen LogP contribution in [0.15, 0.2) is 54.7 Å². The molecule has 0 unspecified atom stereocenters. The summed E-state index contributed by atoms with van der Waals surface area (Å²) in [5.74, 6) is 0.276. The number of halogens is 1. The zero-order valence-corrected chi connectivity index (χ0v) is 16.7. The monoisotopic (exact) mass is 407 g/mol. The SMILES string of the molecule is O=C(N[C@H]1CN2CCC1CC2)c1cc(C(=O)c2cccc(Cl)c2)n2ccccc12. The van der Waals surface area contributed by atoms with E-state index in [1.807, 2.05) is 24.4 Å². The lowest BCUT2D eigenvalue weighted by atomic mass is 9.84. The Morgan fingerprint density at radius 2 is 1.86 bits per heavy atom. The van der Waals surface area contributed by atoms with Crippen LogP contribution in [0.25, 0.3) is 5.52 Å². The Morgan fingerprint density at radius 1 is 1.03 bits per heavy atom. The molecule has 3 aliphatic heterocycles. The molecule has 3 fully saturated rings. The number of hydrogen-bond donors (Lipinski definition) is 1. The number of aromatic nitrogens is 1. The summed E-state index contributed by atoms with van der Waals surface area (Å²) in [7, 11) is 0. The summed E-state index contributed by atoms with van der Waals surface area (Å²) in [5.41, 5.74) is 2.23. The molecule has 1 aromatic carbocycles. The van der Waals surface area contributed by atoms with Crippen molar-refractivity contribution >= 4 is 28.8 Å². The van der Waals surface area contributed by atoms with Crippen molar-refractivity contribution in [3.8, 4) is 0 Å². The number of amides is 1. The lowest BCUT2D eigenvalue weighted by Crippen LogP contribution is -2.57. The van der Waals surface area contributed by atoms with Crippen LogP contribution in [0.3, 0.4) is 0 Å². The van der Waals surface area contributed by atoms with E-state index in [-0.39, 0.29) is 17.7 Å². The van der Waals surface area contributed by atoms with Crippen molar-refractivity contribution in [2.75, 3.05) is 19.6 Å². The molecular formula is C23H22ClN3O2. The first-order chi connectivity index (χ1) is 14.1. The summed E-state index contributed by atoms with van der Waals surface area (Å²) in [6.45, 7) is 3.17. The first-order valence-corrected chi connectivity index (χ1v) is 10.4. The molecule has 0 aliphatic carbocycles. The number of hydrogen-bond acceptors (Lipinski definition) is 3. The Balaban J connectivity index is 1.48. The molecular weight excluding hydrogens is 386 g/mol. The zero-order chi connectivity index (χ0) is 20.0. The van der Waals surface area contributed by atoms with Crippen LogP contribution in [0.4, 0.5) is 0 Å². The summed E-state index contributed by atoms with van der Waals surface area (Å²) in [5, 5.41) is 3.74. The number of ketones is 1. The molecule has 1 amide bonds. The average molecular weight is 408 g/mol. The Kier molecular flexibility index (Phi) is 4.64. The third-order valence-electron chi connectivity index (χ3n) is 6.21. The second-order valence-electron chi connectivity index (χ2n) is 7.96. The van der Waals surface area contributed by atoms with Gasteiger partial charge in [0.2, 0.25) is 5.78 Å². The largest absolute Gasteiger partial charge is 0.348 e. The number of fused-ring (bicyclic) bond motifs is 4. The van der Waals surface area contributed by atoms with Crippen LogP contribution in [0.5, 0.6) is 0 Å². The van der Waals surface area contributed by atoms with Crippen molar-refractivity contribution in [3.63, 3.8) is 0 Å². The Morgan fingerprint density at radius 3 is 2.59 bits per heavy atom. The van der Waals surface area contributed by atoms with E-state index in [2.05, 4.69) is 10.2 Å². The fraction of sp³-hybridized carbons (Fsp3) is 0.304. The number of pyridine rings is 1. The molecule has 3 aromatic rings. The molecule has 2 bridgehead atoms. The quantitative estimate of drug-likeness (QED) is 0.672. The first-order valence-electron chi connectivity index (χ1n) is 10.0. The minimum atomic E-state index is -0.157. The standard InChI is InChI=1S/C23H22ClN3O2/c24-17-5-3-4-16(12-17)22(28)21-13-18(20-6-1-2-9-27(20)21)23(29)25-19-14-26-10-7-15(19)8-11-26/h1-6,9,12-13,15,19H,7-8,10-11,14H2,(H,25,29)/t19-/m0/s1. The molecule has 6 rings (SSSR count). The topological polar surface area (TPSA) is 53.8 Å². The van der Waals surface area contributed by atoms with Gasteiger partial charge in [0.25, 0.3) is 5.91 Å². The van der Waals surface area contributed by atoms with Crippen molar-refractivity contribution in [1.29, 1.82) is 0 Å². The van der Waals surface area contributed by atoms with Crippen LogP contribution in [-0.2, 0) is 0 Å². The summed E-state index contributed by atoms with van der Waals surface area (Å²) in [4.78, 5) is 28.7. The minimum absolute atomic E-state index is 0.113. The molecule has 0 saturated carbocycles. The van der Waals surface area contributed by atoms with E-state index in [1.54, 1.807) is 34.7 Å². The van der Waals surface area contributed by atoms with Crippen molar-refractivity contribution < 1.29 is 9.59 Å². The van der Waals surface area contributed by atoms with Gasteiger partial charge in [0.05, 0.1) is 16.8 Å². The molecule has 1 N–H and O–H groups in total. The van der Waals surface area contributed by atoms with E-state index in [4.69, 9.17) is 11.6 Å². The highest BCUT2D eigenvalue weighted by molar-refractivity contribution is 6.31. The number of rotatable bonds is 4. The summed E-state index contributed by atoms with van der Waals surface area (Å²) >= 11 is 6.06. The van der Waals surface area contributed by atoms with E-state index in [0.29, 0.717) is 27.8 Å². The third kappa shape index (κ3) is 3.34. The summed E-state index contributed by atoms with van der Waals surface area (Å²) < 4.78 is 1.79. The second-order valence-corrected chi connectivity index (χ2v) is 8.39.